The molecule has 0 unspecified atom stereocenters. The second-order valence-corrected chi connectivity index (χ2v) is 4.66. The molecule has 3 N–H and O–H groups in total. The number of carbonyl (C=O) groups excluding carboxylic acids is 1. The van der Waals surface area contributed by atoms with Gasteiger partial charge in [0.05, 0.1) is 10.5 Å². The largest absolute Gasteiger partial charge is 0.386 e. The third kappa shape index (κ3) is 3.31. The summed E-state index contributed by atoms with van der Waals surface area (Å²) < 4.78 is 27.0. The predicted octanol–water partition coefficient (Wildman–Crippen LogP) is 1.37. The molecule has 0 saturated carbocycles. The molecule has 0 spiro atoms. The zero-order valence-electron chi connectivity index (χ0n) is 11.8. The van der Waals surface area contributed by atoms with E-state index in [0.29, 0.717) is 0 Å². The molecule has 2 rings (SSSR count). The zero-order chi connectivity index (χ0) is 17.1. The lowest BCUT2D eigenvalue weighted by Gasteiger charge is -2.13. The van der Waals surface area contributed by atoms with Crippen molar-refractivity contribution < 1.29 is 23.6 Å². The van der Waals surface area contributed by atoms with Gasteiger partial charge in [0.1, 0.15) is 23.4 Å². The molecular weight excluding hydrogens is 314 g/mol. The fraction of sp³-hybridized carbons (Fsp3) is 0.231. The number of nitrogens with one attached hydrogen (secondary N) is 2. The number of hydrogen-bond acceptors (Lipinski definition) is 5. The van der Waals surface area contributed by atoms with E-state index >= 15 is 0 Å². The van der Waals surface area contributed by atoms with Gasteiger partial charge in [-0.3, -0.25) is 20.0 Å². The summed E-state index contributed by atoms with van der Waals surface area (Å²) >= 11 is 0. The van der Waals surface area contributed by atoms with Crippen LogP contribution in [0, 0.1) is 28.7 Å². The standard InChI is InChI=1S/C13H12F2N4O4/c1-6-12(19(22)23)11(18-17-6)13(21)16-5-9(20)10-7(14)3-2-4-8(10)15/h2-4,9,20H,5H2,1H3,(H,16,21)(H,17,18)/t9-/m1/s1. The molecule has 1 heterocycles. The van der Waals surface area contributed by atoms with Crippen LogP contribution in [-0.2, 0) is 0 Å². The van der Waals surface area contributed by atoms with Crippen LogP contribution in [0.15, 0.2) is 18.2 Å². The van der Waals surface area contributed by atoms with Crippen LogP contribution in [0.2, 0.25) is 0 Å². The van der Waals surface area contributed by atoms with Gasteiger partial charge in [-0.15, -0.1) is 0 Å². The first-order chi connectivity index (χ1) is 10.8. The normalized spacial score (nSPS) is 12.0. The SMILES string of the molecule is Cc1[nH]nc(C(=O)NC[C@@H](O)c2c(F)cccc2F)c1[N+](=O)[O-]. The third-order valence-electron chi connectivity index (χ3n) is 3.10. The Morgan fingerprint density at radius 3 is 2.65 bits per heavy atom. The fourth-order valence-electron chi connectivity index (χ4n) is 2.01. The number of halogens is 2. The highest BCUT2D eigenvalue weighted by atomic mass is 19.1. The van der Waals surface area contributed by atoms with Crippen LogP contribution in [0.4, 0.5) is 14.5 Å². The maximum Gasteiger partial charge on any atom is 0.322 e. The number of nitro groups is 1. The van der Waals surface area contributed by atoms with Crippen molar-refractivity contribution in [2.75, 3.05) is 6.54 Å². The van der Waals surface area contributed by atoms with Crippen molar-refractivity contribution in [2.45, 2.75) is 13.0 Å². The van der Waals surface area contributed by atoms with Gasteiger partial charge in [-0.2, -0.15) is 5.10 Å². The van der Waals surface area contributed by atoms with Crippen molar-refractivity contribution in [3.8, 4) is 0 Å². The van der Waals surface area contributed by atoms with Crippen LogP contribution in [0.3, 0.4) is 0 Å². The number of amides is 1. The molecular formula is C13H12F2N4O4. The fourth-order valence-corrected chi connectivity index (χ4v) is 2.01. The van der Waals surface area contributed by atoms with Gasteiger partial charge in [0.2, 0.25) is 5.69 Å². The van der Waals surface area contributed by atoms with E-state index in [9.17, 15) is 28.8 Å². The Morgan fingerprint density at radius 1 is 1.48 bits per heavy atom. The number of benzene rings is 1. The Bertz CT molecular complexity index is 742. The van der Waals surface area contributed by atoms with Crippen molar-refractivity contribution in [3.63, 3.8) is 0 Å². The van der Waals surface area contributed by atoms with Gasteiger partial charge >= 0.3 is 5.69 Å². The molecule has 0 saturated heterocycles. The monoisotopic (exact) mass is 326 g/mol. The molecule has 0 aliphatic rings. The Balaban J connectivity index is 2.12. The average Bonchev–Trinajstić information content (AvgIpc) is 2.86. The Hall–Kier alpha value is -2.88. The van der Waals surface area contributed by atoms with Crippen LogP contribution in [0.1, 0.15) is 27.8 Å². The number of aryl methyl sites for hydroxylation is 1. The van der Waals surface area contributed by atoms with E-state index in [1.165, 1.54) is 6.92 Å². The minimum Gasteiger partial charge on any atom is -0.386 e. The van der Waals surface area contributed by atoms with E-state index in [-0.39, 0.29) is 5.69 Å². The maximum absolute atomic E-state index is 13.5. The summed E-state index contributed by atoms with van der Waals surface area (Å²) in [6.07, 6.45) is -1.65. The lowest BCUT2D eigenvalue weighted by atomic mass is 10.1. The second kappa shape index (κ2) is 6.48. The summed E-state index contributed by atoms with van der Waals surface area (Å²) in [5, 5.41) is 28.6. The van der Waals surface area contributed by atoms with Crippen molar-refractivity contribution in [1.82, 2.24) is 15.5 Å². The minimum atomic E-state index is -1.65. The van der Waals surface area contributed by atoms with E-state index in [2.05, 4.69) is 15.5 Å². The number of hydrogen-bond donors (Lipinski definition) is 3. The van der Waals surface area contributed by atoms with Gasteiger partial charge < -0.3 is 10.4 Å². The molecule has 0 aliphatic carbocycles. The summed E-state index contributed by atoms with van der Waals surface area (Å²) in [4.78, 5) is 22.0. The van der Waals surface area contributed by atoms with Crippen LogP contribution >= 0.6 is 0 Å². The maximum atomic E-state index is 13.5. The van der Waals surface area contributed by atoms with Crippen LogP contribution < -0.4 is 5.32 Å². The summed E-state index contributed by atoms with van der Waals surface area (Å²) in [6, 6.07) is 3.06. The first kappa shape index (κ1) is 16.5. The number of aromatic amines is 1. The molecule has 122 valence electrons. The van der Waals surface area contributed by atoms with Gasteiger partial charge in [0.25, 0.3) is 5.91 Å². The first-order valence-electron chi connectivity index (χ1n) is 6.42. The van der Waals surface area contributed by atoms with E-state index in [1.807, 2.05) is 0 Å². The number of rotatable bonds is 5. The summed E-state index contributed by atoms with van der Waals surface area (Å²) in [7, 11) is 0. The second-order valence-electron chi connectivity index (χ2n) is 4.66. The topological polar surface area (TPSA) is 121 Å². The molecule has 10 heteroatoms. The van der Waals surface area contributed by atoms with E-state index in [4.69, 9.17) is 0 Å². The Kier molecular flexibility index (Phi) is 4.65. The van der Waals surface area contributed by atoms with E-state index < -0.39 is 52.1 Å². The highest BCUT2D eigenvalue weighted by molar-refractivity contribution is 5.96. The average molecular weight is 326 g/mol. The predicted molar refractivity (Wildman–Crippen MR) is 73.6 cm³/mol. The van der Waals surface area contributed by atoms with Crippen LogP contribution in [-0.4, -0.2) is 32.7 Å². The molecule has 1 aromatic heterocycles. The van der Waals surface area contributed by atoms with Crippen molar-refractivity contribution in [3.05, 3.63) is 56.9 Å². The quantitative estimate of drug-likeness (QED) is 0.566. The molecule has 0 fully saturated rings. The molecule has 1 atom stereocenters. The number of aromatic nitrogens is 2. The molecule has 1 aromatic carbocycles. The zero-order valence-corrected chi connectivity index (χ0v) is 11.8. The number of H-pyrrole nitrogens is 1. The number of aliphatic hydroxyl groups excluding tert-OH is 1. The van der Waals surface area contributed by atoms with Gasteiger partial charge in [-0.25, -0.2) is 8.78 Å². The summed E-state index contributed by atoms with van der Waals surface area (Å²) in [5.74, 6) is -2.88. The molecule has 2 aromatic rings. The van der Waals surface area contributed by atoms with Gasteiger partial charge in [0, 0.05) is 6.54 Å². The lowest BCUT2D eigenvalue weighted by molar-refractivity contribution is -0.385. The first-order valence-corrected chi connectivity index (χ1v) is 6.42. The van der Waals surface area contributed by atoms with Gasteiger partial charge in [-0.1, -0.05) is 6.07 Å². The number of aliphatic hydroxyl groups is 1. The van der Waals surface area contributed by atoms with Crippen molar-refractivity contribution >= 4 is 11.6 Å². The van der Waals surface area contributed by atoms with Crippen molar-refractivity contribution in [1.29, 1.82) is 0 Å². The summed E-state index contributed by atoms with van der Waals surface area (Å²) in [5.41, 5.74) is -1.50. The van der Waals surface area contributed by atoms with Gasteiger partial charge in [0.15, 0.2) is 0 Å². The molecule has 0 aliphatic heterocycles. The molecule has 0 bridgehead atoms. The molecule has 0 radical (unpaired) electrons. The summed E-state index contributed by atoms with van der Waals surface area (Å²) in [6.45, 7) is 0.825. The third-order valence-corrected chi connectivity index (χ3v) is 3.10. The molecule has 1 amide bonds. The Morgan fingerprint density at radius 2 is 2.09 bits per heavy atom. The van der Waals surface area contributed by atoms with Crippen LogP contribution in [0.25, 0.3) is 0 Å². The lowest BCUT2D eigenvalue weighted by Crippen LogP contribution is -2.29. The Labute approximate surface area is 128 Å². The molecule has 23 heavy (non-hydrogen) atoms. The van der Waals surface area contributed by atoms with E-state index in [0.717, 1.165) is 18.2 Å². The molecule has 8 nitrogen and oxygen atoms in total. The van der Waals surface area contributed by atoms with Gasteiger partial charge in [-0.05, 0) is 19.1 Å². The van der Waals surface area contributed by atoms with Crippen molar-refractivity contribution in [2.24, 2.45) is 0 Å². The smallest absolute Gasteiger partial charge is 0.322 e. The van der Waals surface area contributed by atoms with Crippen LogP contribution in [0.5, 0.6) is 0 Å². The van der Waals surface area contributed by atoms with E-state index in [1.54, 1.807) is 0 Å². The highest BCUT2D eigenvalue weighted by Crippen LogP contribution is 2.22. The highest BCUT2D eigenvalue weighted by Gasteiger charge is 2.28. The number of nitrogens with zero attached hydrogens (tertiary/aromatic N) is 2. The minimum absolute atomic E-state index is 0.0841. The number of carbonyl (C=O) groups is 1.